The zero-order chi connectivity index (χ0) is 19.3. The van der Waals surface area contributed by atoms with Gasteiger partial charge in [-0.05, 0) is 50.1 Å². The monoisotopic (exact) mass is 379 g/mol. The zero-order valence-corrected chi connectivity index (χ0v) is 15.1. The number of hydrogen-bond donors (Lipinski definition) is 2. The lowest BCUT2D eigenvalue weighted by Gasteiger charge is -2.16. The summed E-state index contributed by atoms with van der Waals surface area (Å²) < 4.78 is 17.1. The number of aromatic nitrogens is 6. The van der Waals surface area contributed by atoms with Crippen molar-refractivity contribution in [3.05, 3.63) is 54.1 Å². The van der Waals surface area contributed by atoms with Crippen molar-refractivity contribution < 1.29 is 9.50 Å². The van der Waals surface area contributed by atoms with Gasteiger partial charge in [0.25, 0.3) is 0 Å². The van der Waals surface area contributed by atoms with E-state index in [1.165, 1.54) is 18.2 Å². The van der Waals surface area contributed by atoms with Gasteiger partial charge in [0.1, 0.15) is 28.8 Å². The largest absolute Gasteiger partial charge is 0.508 e. The first-order valence-corrected chi connectivity index (χ1v) is 9.10. The molecular formula is C19H18FN7O. The second-order valence-corrected chi connectivity index (χ2v) is 7.02. The Hall–Kier alpha value is -3.49. The summed E-state index contributed by atoms with van der Waals surface area (Å²) in [6.45, 7) is 1.83. The quantitative estimate of drug-likeness (QED) is 0.552. The van der Waals surface area contributed by atoms with Crippen molar-refractivity contribution in [1.82, 2.24) is 29.6 Å². The minimum atomic E-state index is -0.402. The third kappa shape index (κ3) is 2.94. The molecule has 28 heavy (non-hydrogen) atoms. The molecule has 1 atom stereocenters. The fourth-order valence-electron chi connectivity index (χ4n) is 3.21. The third-order valence-electron chi connectivity index (χ3n) is 4.88. The van der Waals surface area contributed by atoms with Gasteiger partial charge in [-0.2, -0.15) is 0 Å². The first kappa shape index (κ1) is 16.7. The van der Waals surface area contributed by atoms with Gasteiger partial charge in [-0.15, -0.1) is 10.2 Å². The molecule has 2 N–H and O–H groups in total. The topological polar surface area (TPSA) is 93.2 Å². The highest BCUT2D eigenvalue weighted by atomic mass is 19.1. The average molecular weight is 379 g/mol. The van der Waals surface area contributed by atoms with E-state index in [2.05, 4.69) is 25.7 Å². The predicted octanol–water partition coefficient (Wildman–Crippen LogP) is 3.34. The lowest BCUT2D eigenvalue weighted by atomic mass is 10.1. The Kier molecular flexibility index (Phi) is 3.75. The van der Waals surface area contributed by atoms with Crippen molar-refractivity contribution >= 4 is 11.5 Å². The van der Waals surface area contributed by atoms with Gasteiger partial charge in [-0.3, -0.25) is 0 Å². The normalized spacial score (nSPS) is 15.1. The molecule has 3 aromatic heterocycles. The molecule has 0 spiro atoms. The van der Waals surface area contributed by atoms with Gasteiger partial charge >= 0.3 is 0 Å². The van der Waals surface area contributed by atoms with Crippen molar-refractivity contribution in [3.63, 3.8) is 0 Å². The van der Waals surface area contributed by atoms with E-state index in [9.17, 15) is 9.50 Å². The van der Waals surface area contributed by atoms with Crippen molar-refractivity contribution in [2.45, 2.75) is 31.8 Å². The number of phenolic OH excluding ortho intramolecular Hbond substituents is 1. The number of rotatable bonds is 5. The molecule has 1 aromatic carbocycles. The van der Waals surface area contributed by atoms with Gasteiger partial charge in [0, 0.05) is 5.56 Å². The second-order valence-electron chi connectivity index (χ2n) is 7.02. The number of aromatic hydroxyl groups is 1. The number of fused-ring (bicyclic) bond motifs is 1. The Morgan fingerprint density at radius 2 is 2.11 bits per heavy atom. The molecule has 0 saturated heterocycles. The summed E-state index contributed by atoms with van der Waals surface area (Å²) in [6, 6.07) is 7.61. The highest BCUT2D eigenvalue weighted by Crippen LogP contribution is 2.34. The number of hydrogen-bond acceptors (Lipinski definition) is 6. The van der Waals surface area contributed by atoms with Gasteiger partial charge in [-0.1, -0.05) is 5.21 Å². The highest BCUT2D eigenvalue weighted by molar-refractivity contribution is 5.59. The second kappa shape index (κ2) is 6.29. The maximum absolute atomic E-state index is 13.5. The lowest BCUT2D eigenvalue weighted by molar-refractivity contribution is 0.462. The molecule has 9 heteroatoms. The van der Waals surface area contributed by atoms with Crippen molar-refractivity contribution in [2.75, 3.05) is 5.32 Å². The van der Waals surface area contributed by atoms with Crippen molar-refractivity contribution in [2.24, 2.45) is 0 Å². The maximum Gasteiger partial charge on any atom is 0.154 e. The molecule has 4 aromatic rings. The molecule has 1 saturated carbocycles. The van der Waals surface area contributed by atoms with Crippen LogP contribution < -0.4 is 5.32 Å². The van der Waals surface area contributed by atoms with Crippen molar-refractivity contribution in [1.29, 1.82) is 0 Å². The van der Waals surface area contributed by atoms with Crippen LogP contribution in [0.2, 0.25) is 0 Å². The van der Waals surface area contributed by atoms with Crippen LogP contribution in [0.5, 0.6) is 5.75 Å². The molecule has 1 aliphatic rings. The van der Waals surface area contributed by atoms with Gasteiger partial charge < -0.3 is 10.4 Å². The van der Waals surface area contributed by atoms with Crippen LogP contribution in [0.3, 0.4) is 0 Å². The van der Waals surface area contributed by atoms with E-state index in [0.29, 0.717) is 28.8 Å². The Morgan fingerprint density at radius 1 is 1.25 bits per heavy atom. The van der Waals surface area contributed by atoms with Gasteiger partial charge in [0.15, 0.2) is 5.65 Å². The molecular weight excluding hydrogens is 361 g/mol. The number of halogens is 1. The smallest absolute Gasteiger partial charge is 0.154 e. The fourth-order valence-corrected chi connectivity index (χ4v) is 3.21. The Balaban J connectivity index is 1.46. The summed E-state index contributed by atoms with van der Waals surface area (Å²) in [5.74, 6) is 0.195. The molecule has 3 heterocycles. The first-order chi connectivity index (χ1) is 13.6. The lowest BCUT2D eigenvalue weighted by Crippen LogP contribution is -2.10. The third-order valence-corrected chi connectivity index (χ3v) is 4.88. The van der Waals surface area contributed by atoms with E-state index in [0.717, 1.165) is 18.5 Å². The van der Waals surface area contributed by atoms with Crippen LogP contribution in [-0.2, 0) is 0 Å². The Morgan fingerprint density at radius 3 is 2.93 bits per heavy atom. The molecule has 0 bridgehead atoms. The predicted molar refractivity (Wildman–Crippen MR) is 100 cm³/mol. The number of anilines is 1. The van der Waals surface area contributed by atoms with Crippen LogP contribution in [0, 0.1) is 5.82 Å². The SMILES string of the molecule is C[C@@H](Nc1ccc2ncc(-c3cn(C4CC4)nn3)n2n1)c1cc(F)ccc1O. The Labute approximate surface area is 159 Å². The minimum Gasteiger partial charge on any atom is -0.508 e. The molecule has 0 radical (unpaired) electrons. The molecule has 0 aliphatic heterocycles. The molecule has 0 amide bonds. The standard InChI is InChI=1S/C19H18FN7O/c1-11(14-8-12(20)2-5-17(14)28)22-18-6-7-19-21-9-16(27(19)24-18)15-10-26(25-23-15)13-3-4-13/h2,5-11,13,28H,3-4H2,1H3,(H,22,24)/t11-/m1/s1. The zero-order valence-electron chi connectivity index (χ0n) is 15.1. The first-order valence-electron chi connectivity index (χ1n) is 9.10. The summed E-state index contributed by atoms with van der Waals surface area (Å²) in [5.41, 5.74) is 2.59. The molecule has 1 fully saturated rings. The van der Waals surface area contributed by atoms with Crippen LogP contribution in [0.25, 0.3) is 17.0 Å². The van der Waals surface area contributed by atoms with Crippen LogP contribution >= 0.6 is 0 Å². The van der Waals surface area contributed by atoms with E-state index in [4.69, 9.17) is 0 Å². The van der Waals surface area contributed by atoms with Crippen LogP contribution in [0.15, 0.2) is 42.7 Å². The van der Waals surface area contributed by atoms with Crippen molar-refractivity contribution in [3.8, 4) is 17.1 Å². The Bertz CT molecular complexity index is 1160. The van der Waals surface area contributed by atoms with Gasteiger partial charge in [-0.25, -0.2) is 18.6 Å². The average Bonchev–Trinajstić information content (AvgIpc) is 3.27. The van der Waals surface area contributed by atoms with Crippen LogP contribution in [0.4, 0.5) is 10.2 Å². The van der Waals surface area contributed by atoms with Crippen LogP contribution in [-0.4, -0.2) is 34.7 Å². The van der Waals surface area contributed by atoms with Gasteiger partial charge in [0.05, 0.1) is 24.5 Å². The molecule has 8 nitrogen and oxygen atoms in total. The van der Waals surface area contributed by atoms with E-state index in [1.807, 2.05) is 23.9 Å². The summed E-state index contributed by atoms with van der Waals surface area (Å²) in [7, 11) is 0. The molecule has 0 unspecified atom stereocenters. The summed E-state index contributed by atoms with van der Waals surface area (Å²) in [4.78, 5) is 4.37. The number of nitrogens with zero attached hydrogens (tertiary/aromatic N) is 6. The number of imidazole rings is 1. The van der Waals surface area contributed by atoms with E-state index < -0.39 is 5.82 Å². The summed E-state index contributed by atoms with van der Waals surface area (Å²) in [5, 5.41) is 26.2. The van der Waals surface area contributed by atoms with Crippen LogP contribution in [0.1, 0.15) is 37.4 Å². The van der Waals surface area contributed by atoms with E-state index >= 15 is 0 Å². The number of benzene rings is 1. The highest BCUT2D eigenvalue weighted by Gasteiger charge is 2.25. The fraction of sp³-hybridized carbons (Fsp3) is 0.263. The minimum absolute atomic E-state index is 0.0301. The van der Waals surface area contributed by atoms with Gasteiger partial charge in [0.2, 0.25) is 0 Å². The summed E-state index contributed by atoms with van der Waals surface area (Å²) in [6.07, 6.45) is 5.89. The number of nitrogens with one attached hydrogen (secondary N) is 1. The molecule has 1 aliphatic carbocycles. The molecule has 142 valence electrons. The van der Waals surface area contributed by atoms with E-state index in [-0.39, 0.29) is 11.8 Å². The summed E-state index contributed by atoms with van der Waals surface area (Å²) >= 11 is 0. The maximum atomic E-state index is 13.5. The number of phenols is 1. The molecule has 5 rings (SSSR count). The van der Waals surface area contributed by atoms with E-state index in [1.54, 1.807) is 16.8 Å².